The summed E-state index contributed by atoms with van der Waals surface area (Å²) in [5, 5.41) is 12.3. The Hall–Kier alpha value is -1.56. The lowest BCUT2D eigenvalue weighted by atomic mass is 9.81. The van der Waals surface area contributed by atoms with Gasteiger partial charge in [-0.2, -0.15) is 5.26 Å². The van der Waals surface area contributed by atoms with Gasteiger partial charge in [0.1, 0.15) is 5.82 Å². The van der Waals surface area contributed by atoms with Gasteiger partial charge in [0.15, 0.2) is 0 Å². The molecule has 0 amide bonds. The molecule has 0 unspecified atom stereocenters. The Bertz CT molecular complexity index is 454. The standard InChI is InChI=1S/C16H23N3/c1-12-3-5-14(6-4-12)7-8-18-16-10-15(11-17)9-13(2)19-16/h9-10,12,14H,3-8H2,1-2H3,(H,18,19). The summed E-state index contributed by atoms with van der Waals surface area (Å²) in [6, 6.07) is 5.82. The summed E-state index contributed by atoms with van der Waals surface area (Å²) in [6.07, 6.45) is 6.71. The number of aromatic nitrogens is 1. The molecule has 1 aliphatic carbocycles. The van der Waals surface area contributed by atoms with Crippen molar-refractivity contribution >= 4 is 5.82 Å². The molecule has 1 fully saturated rings. The highest BCUT2D eigenvalue weighted by Gasteiger charge is 2.17. The number of nitrogens with one attached hydrogen (secondary N) is 1. The fourth-order valence-corrected chi connectivity index (χ4v) is 2.85. The number of hydrogen-bond acceptors (Lipinski definition) is 3. The van der Waals surface area contributed by atoms with Crippen LogP contribution >= 0.6 is 0 Å². The summed E-state index contributed by atoms with van der Waals surface area (Å²) in [7, 11) is 0. The molecule has 0 saturated heterocycles. The molecule has 3 heteroatoms. The maximum Gasteiger partial charge on any atom is 0.127 e. The van der Waals surface area contributed by atoms with E-state index in [4.69, 9.17) is 5.26 Å². The van der Waals surface area contributed by atoms with Crippen LogP contribution in [0.5, 0.6) is 0 Å². The van der Waals surface area contributed by atoms with Crippen LogP contribution in [0.4, 0.5) is 5.82 Å². The monoisotopic (exact) mass is 257 g/mol. The zero-order valence-corrected chi connectivity index (χ0v) is 11.9. The number of nitriles is 1. The van der Waals surface area contributed by atoms with Gasteiger partial charge in [-0.05, 0) is 37.3 Å². The molecule has 0 aliphatic heterocycles. The largest absolute Gasteiger partial charge is 0.370 e. The normalized spacial score (nSPS) is 22.8. The molecular weight excluding hydrogens is 234 g/mol. The molecule has 0 spiro atoms. The van der Waals surface area contributed by atoms with E-state index in [1.807, 2.05) is 19.1 Å². The van der Waals surface area contributed by atoms with Crippen molar-refractivity contribution in [2.75, 3.05) is 11.9 Å². The molecule has 0 bridgehead atoms. The lowest BCUT2D eigenvalue weighted by Crippen LogP contribution is -2.16. The number of anilines is 1. The van der Waals surface area contributed by atoms with Crippen molar-refractivity contribution in [2.45, 2.75) is 46.0 Å². The Morgan fingerprint density at radius 3 is 2.74 bits per heavy atom. The summed E-state index contributed by atoms with van der Waals surface area (Å²) >= 11 is 0. The minimum atomic E-state index is 0.682. The molecule has 1 aromatic heterocycles. The Morgan fingerprint density at radius 2 is 2.05 bits per heavy atom. The number of aryl methyl sites for hydroxylation is 1. The van der Waals surface area contributed by atoms with E-state index in [-0.39, 0.29) is 0 Å². The maximum absolute atomic E-state index is 8.94. The van der Waals surface area contributed by atoms with Crippen LogP contribution in [-0.2, 0) is 0 Å². The third-order valence-electron chi connectivity index (χ3n) is 4.08. The molecule has 0 aromatic carbocycles. The van der Waals surface area contributed by atoms with Gasteiger partial charge < -0.3 is 5.32 Å². The van der Waals surface area contributed by atoms with Crippen molar-refractivity contribution < 1.29 is 0 Å². The second kappa shape index (κ2) is 6.56. The van der Waals surface area contributed by atoms with E-state index in [0.29, 0.717) is 5.56 Å². The Morgan fingerprint density at radius 1 is 1.32 bits per heavy atom. The summed E-state index contributed by atoms with van der Waals surface area (Å²) in [4.78, 5) is 4.41. The third-order valence-corrected chi connectivity index (χ3v) is 4.08. The molecule has 19 heavy (non-hydrogen) atoms. The predicted octanol–water partition coefficient (Wildman–Crippen LogP) is 3.89. The van der Waals surface area contributed by atoms with Crippen LogP contribution in [0.1, 0.15) is 50.3 Å². The molecule has 1 heterocycles. The smallest absolute Gasteiger partial charge is 0.127 e. The van der Waals surface area contributed by atoms with Crippen molar-refractivity contribution in [3.05, 3.63) is 23.4 Å². The molecule has 1 aliphatic rings. The Labute approximate surface area is 116 Å². The second-order valence-corrected chi connectivity index (χ2v) is 5.84. The van der Waals surface area contributed by atoms with Crippen LogP contribution in [-0.4, -0.2) is 11.5 Å². The van der Waals surface area contributed by atoms with Crippen molar-refractivity contribution in [3.63, 3.8) is 0 Å². The van der Waals surface area contributed by atoms with E-state index in [1.54, 1.807) is 0 Å². The van der Waals surface area contributed by atoms with Gasteiger partial charge in [-0.3, -0.25) is 0 Å². The minimum absolute atomic E-state index is 0.682. The van der Waals surface area contributed by atoms with Gasteiger partial charge in [0.2, 0.25) is 0 Å². The maximum atomic E-state index is 8.94. The lowest BCUT2D eigenvalue weighted by molar-refractivity contribution is 0.282. The molecule has 3 nitrogen and oxygen atoms in total. The minimum Gasteiger partial charge on any atom is -0.370 e. The van der Waals surface area contributed by atoms with Gasteiger partial charge in [0, 0.05) is 12.2 Å². The zero-order chi connectivity index (χ0) is 13.7. The number of hydrogen-bond donors (Lipinski definition) is 1. The van der Waals surface area contributed by atoms with Gasteiger partial charge >= 0.3 is 0 Å². The highest BCUT2D eigenvalue weighted by molar-refractivity contribution is 5.44. The summed E-state index contributed by atoms with van der Waals surface area (Å²) in [5.41, 5.74) is 1.58. The van der Waals surface area contributed by atoms with Gasteiger partial charge in [0.05, 0.1) is 11.6 Å². The fraction of sp³-hybridized carbons (Fsp3) is 0.625. The summed E-state index contributed by atoms with van der Waals surface area (Å²) in [6.45, 7) is 5.24. The van der Waals surface area contributed by atoms with Crippen LogP contribution in [0, 0.1) is 30.1 Å². The Kier molecular flexibility index (Phi) is 4.79. The van der Waals surface area contributed by atoms with Crippen LogP contribution in [0.15, 0.2) is 12.1 Å². The average Bonchev–Trinajstić information content (AvgIpc) is 2.40. The summed E-state index contributed by atoms with van der Waals surface area (Å²) < 4.78 is 0. The van der Waals surface area contributed by atoms with Crippen molar-refractivity contribution in [2.24, 2.45) is 11.8 Å². The second-order valence-electron chi connectivity index (χ2n) is 5.84. The first-order valence-corrected chi connectivity index (χ1v) is 7.30. The van der Waals surface area contributed by atoms with E-state index in [1.165, 1.54) is 32.1 Å². The van der Waals surface area contributed by atoms with Crippen molar-refractivity contribution in [1.82, 2.24) is 4.98 Å². The van der Waals surface area contributed by atoms with Gasteiger partial charge in [-0.25, -0.2) is 4.98 Å². The van der Waals surface area contributed by atoms with Crippen LogP contribution < -0.4 is 5.32 Å². The SMILES string of the molecule is Cc1cc(C#N)cc(NCCC2CCC(C)CC2)n1. The topological polar surface area (TPSA) is 48.7 Å². The predicted molar refractivity (Wildman–Crippen MR) is 77.9 cm³/mol. The van der Waals surface area contributed by atoms with E-state index >= 15 is 0 Å². The van der Waals surface area contributed by atoms with E-state index in [0.717, 1.165) is 29.9 Å². The van der Waals surface area contributed by atoms with Crippen LogP contribution in [0.25, 0.3) is 0 Å². The van der Waals surface area contributed by atoms with Crippen molar-refractivity contribution in [3.8, 4) is 6.07 Å². The quantitative estimate of drug-likeness (QED) is 0.890. The number of pyridine rings is 1. The molecule has 1 N–H and O–H groups in total. The molecule has 1 aromatic rings. The molecule has 0 radical (unpaired) electrons. The van der Waals surface area contributed by atoms with Gasteiger partial charge in [0.25, 0.3) is 0 Å². The molecule has 102 valence electrons. The van der Waals surface area contributed by atoms with Crippen LogP contribution in [0.2, 0.25) is 0 Å². The first-order chi connectivity index (χ1) is 9.17. The molecule has 0 atom stereocenters. The molecular formula is C16H23N3. The fourth-order valence-electron chi connectivity index (χ4n) is 2.85. The van der Waals surface area contributed by atoms with E-state index in [9.17, 15) is 0 Å². The van der Waals surface area contributed by atoms with Crippen LogP contribution in [0.3, 0.4) is 0 Å². The van der Waals surface area contributed by atoms with Crippen molar-refractivity contribution in [1.29, 1.82) is 5.26 Å². The number of nitrogens with zero attached hydrogens (tertiary/aromatic N) is 2. The first-order valence-electron chi connectivity index (χ1n) is 7.30. The van der Waals surface area contributed by atoms with Gasteiger partial charge in [-0.15, -0.1) is 0 Å². The lowest BCUT2D eigenvalue weighted by Gasteiger charge is -2.26. The third kappa shape index (κ3) is 4.24. The average molecular weight is 257 g/mol. The highest BCUT2D eigenvalue weighted by atomic mass is 15.0. The van der Waals surface area contributed by atoms with Gasteiger partial charge in [-0.1, -0.05) is 32.6 Å². The first kappa shape index (κ1) is 13.9. The molecule has 2 rings (SSSR count). The molecule has 1 saturated carbocycles. The number of rotatable bonds is 4. The zero-order valence-electron chi connectivity index (χ0n) is 11.9. The highest BCUT2D eigenvalue weighted by Crippen LogP contribution is 2.30. The van der Waals surface area contributed by atoms with E-state index < -0.39 is 0 Å². The summed E-state index contributed by atoms with van der Waals surface area (Å²) in [5.74, 6) is 2.62. The van der Waals surface area contributed by atoms with E-state index in [2.05, 4.69) is 23.3 Å². The Balaban J connectivity index is 1.79.